The molecule has 0 saturated heterocycles. The molecule has 0 aliphatic carbocycles. The van der Waals surface area contributed by atoms with Gasteiger partial charge in [-0.25, -0.2) is 0 Å². The minimum absolute atomic E-state index is 0.322. The van der Waals surface area contributed by atoms with Crippen molar-refractivity contribution in [2.24, 2.45) is 0 Å². The van der Waals surface area contributed by atoms with Gasteiger partial charge in [0.1, 0.15) is 0 Å². The highest BCUT2D eigenvalue weighted by Crippen LogP contribution is 2.29. The number of pyridine rings is 2. The van der Waals surface area contributed by atoms with Crippen molar-refractivity contribution in [1.29, 1.82) is 0 Å². The summed E-state index contributed by atoms with van der Waals surface area (Å²) in [6.45, 7) is 8.58. The zero-order valence-electron chi connectivity index (χ0n) is 14.4. The summed E-state index contributed by atoms with van der Waals surface area (Å²) < 4.78 is 0. The van der Waals surface area contributed by atoms with E-state index >= 15 is 0 Å². The van der Waals surface area contributed by atoms with Crippen molar-refractivity contribution >= 4 is 44.8 Å². The second kappa shape index (κ2) is 6.69. The quantitative estimate of drug-likeness (QED) is 0.558. The summed E-state index contributed by atoms with van der Waals surface area (Å²) in [5.41, 5.74) is 2.74. The molecule has 0 fully saturated rings. The molecule has 0 spiro atoms. The van der Waals surface area contributed by atoms with E-state index in [4.69, 9.17) is 12.2 Å². The zero-order chi connectivity index (χ0) is 17.3. The molecule has 4 nitrogen and oxygen atoms in total. The van der Waals surface area contributed by atoms with Gasteiger partial charge in [-0.2, -0.15) is 0 Å². The Kier molecular flexibility index (Phi) is 4.62. The number of nitrogens with one attached hydrogen (secondary N) is 1. The van der Waals surface area contributed by atoms with Gasteiger partial charge in [0.25, 0.3) is 0 Å². The summed E-state index contributed by atoms with van der Waals surface area (Å²) in [6, 6.07) is 10.7. The van der Waals surface area contributed by atoms with Crippen LogP contribution in [-0.4, -0.2) is 32.1 Å². The molecule has 24 heavy (non-hydrogen) atoms. The molecule has 0 aliphatic rings. The second-order valence-electron chi connectivity index (χ2n) is 6.42. The average molecular weight is 338 g/mol. The summed E-state index contributed by atoms with van der Waals surface area (Å²) in [4.78, 5) is 11.2. The van der Waals surface area contributed by atoms with E-state index in [0.717, 1.165) is 27.5 Å². The lowest BCUT2D eigenvalue weighted by molar-refractivity contribution is 0.297. The van der Waals surface area contributed by atoms with Gasteiger partial charge in [0.05, 0.1) is 16.7 Å². The molecule has 3 aromatic rings. The van der Waals surface area contributed by atoms with Crippen molar-refractivity contribution in [3.8, 4) is 0 Å². The van der Waals surface area contributed by atoms with E-state index < -0.39 is 0 Å². The molecule has 0 saturated carbocycles. The molecule has 0 amide bonds. The zero-order valence-corrected chi connectivity index (χ0v) is 15.3. The van der Waals surface area contributed by atoms with Gasteiger partial charge in [-0.1, -0.05) is 12.1 Å². The number of benzene rings is 1. The largest absolute Gasteiger partial charge is 0.344 e. The fraction of sp³-hybridized carbons (Fsp3) is 0.316. The molecule has 3 rings (SSSR count). The Morgan fingerprint density at radius 1 is 1.00 bits per heavy atom. The van der Waals surface area contributed by atoms with E-state index in [1.807, 2.05) is 18.2 Å². The van der Waals surface area contributed by atoms with Crippen molar-refractivity contribution in [2.45, 2.75) is 39.8 Å². The summed E-state index contributed by atoms with van der Waals surface area (Å²) in [6.07, 6.45) is 3.61. The normalized spacial score (nSPS) is 11.4. The first kappa shape index (κ1) is 16.6. The van der Waals surface area contributed by atoms with Gasteiger partial charge in [0, 0.05) is 35.2 Å². The lowest BCUT2D eigenvalue weighted by Crippen LogP contribution is -2.44. The third kappa shape index (κ3) is 3.04. The van der Waals surface area contributed by atoms with Crippen LogP contribution in [0.2, 0.25) is 0 Å². The predicted octanol–water partition coefficient (Wildman–Crippen LogP) is 4.60. The average Bonchev–Trinajstić information content (AvgIpc) is 2.54. The molecule has 0 bridgehead atoms. The van der Waals surface area contributed by atoms with Crippen LogP contribution < -0.4 is 5.32 Å². The van der Waals surface area contributed by atoms with Crippen LogP contribution in [0.5, 0.6) is 0 Å². The molecule has 0 radical (unpaired) electrons. The van der Waals surface area contributed by atoms with Crippen LogP contribution in [0, 0.1) is 0 Å². The maximum atomic E-state index is 5.66. The number of anilines is 1. The van der Waals surface area contributed by atoms with Gasteiger partial charge >= 0.3 is 0 Å². The number of fused-ring (bicyclic) bond motifs is 3. The Hall–Kier alpha value is -2.27. The summed E-state index contributed by atoms with van der Waals surface area (Å²) >= 11 is 5.66. The Labute approximate surface area is 147 Å². The molecule has 1 aromatic carbocycles. The van der Waals surface area contributed by atoms with Gasteiger partial charge < -0.3 is 10.2 Å². The molecule has 0 unspecified atom stereocenters. The molecule has 5 heteroatoms. The number of thiocarbonyl (C=S) groups is 1. The topological polar surface area (TPSA) is 41.0 Å². The lowest BCUT2D eigenvalue weighted by atomic mass is 10.1. The maximum absolute atomic E-state index is 5.66. The van der Waals surface area contributed by atoms with E-state index in [-0.39, 0.29) is 0 Å². The van der Waals surface area contributed by atoms with E-state index in [1.54, 1.807) is 12.4 Å². The highest BCUT2D eigenvalue weighted by molar-refractivity contribution is 7.80. The molecule has 0 atom stereocenters. The predicted molar refractivity (Wildman–Crippen MR) is 105 cm³/mol. The summed E-state index contributed by atoms with van der Waals surface area (Å²) in [5.74, 6) is 0. The van der Waals surface area contributed by atoms with E-state index in [9.17, 15) is 0 Å². The minimum Gasteiger partial charge on any atom is -0.344 e. The second-order valence-corrected chi connectivity index (χ2v) is 6.81. The van der Waals surface area contributed by atoms with Crippen LogP contribution in [-0.2, 0) is 0 Å². The first-order chi connectivity index (χ1) is 11.5. The number of hydrogen-bond donors (Lipinski definition) is 1. The molecular weight excluding hydrogens is 316 g/mol. The van der Waals surface area contributed by atoms with Crippen LogP contribution in [0.3, 0.4) is 0 Å². The lowest BCUT2D eigenvalue weighted by Gasteiger charge is -2.33. The smallest absolute Gasteiger partial charge is 0.173 e. The number of nitrogens with zero attached hydrogens (tertiary/aromatic N) is 3. The maximum Gasteiger partial charge on any atom is 0.173 e. The van der Waals surface area contributed by atoms with E-state index in [0.29, 0.717) is 17.2 Å². The fourth-order valence-corrected chi connectivity index (χ4v) is 3.67. The first-order valence-corrected chi connectivity index (χ1v) is 8.61. The van der Waals surface area contributed by atoms with Crippen LogP contribution in [0.25, 0.3) is 21.8 Å². The third-order valence-corrected chi connectivity index (χ3v) is 4.37. The van der Waals surface area contributed by atoms with Gasteiger partial charge in [-0.05, 0) is 58.1 Å². The monoisotopic (exact) mass is 338 g/mol. The Morgan fingerprint density at radius 3 is 2.29 bits per heavy atom. The number of rotatable bonds is 3. The first-order valence-electron chi connectivity index (χ1n) is 8.21. The standard InChI is InChI=1S/C19H22N4S/c1-12(2)23(13(3)4)19(24)22-17-11-16-14(7-5-9-20-16)15-8-6-10-21-18(15)17/h5-13H,1-4H3,(H,22,24). The number of hydrogen-bond acceptors (Lipinski definition) is 3. The summed E-state index contributed by atoms with van der Waals surface area (Å²) in [7, 11) is 0. The van der Waals surface area contributed by atoms with E-state index in [1.165, 1.54) is 0 Å². The molecule has 124 valence electrons. The molecular formula is C19H22N4S. The van der Waals surface area contributed by atoms with Gasteiger partial charge in [-0.3, -0.25) is 9.97 Å². The van der Waals surface area contributed by atoms with Crippen LogP contribution >= 0.6 is 12.2 Å². The molecule has 2 heterocycles. The van der Waals surface area contributed by atoms with Gasteiger partial charge in [0.15, 0.2) is 5.11 Å². The van der Waals surface area contributed by atoms with Crippen molar-refractivity contribution in [1.82, 2.24) is 14.9 Å². The van der Waals surface area contributed by atoms with Gasteiger partial charge in [0.2, 0.25) is 0 Å². The van der Waals surface area contributed by atoms with Crippen molar-refractivity contribution in [2.75, 3.05) is 5.32 Å². The van der Waals surface area contributed by atoms with E-state index in [2.05, 4.69) is 60.0 Å². The number of aromatic nitrogens is 2. The van der Waals surface area contributed by atoms with Crippen LogP contribution in [0.1, 0.15) is 27.7 Å². The third-order valence-electron chi connectivity index (χ3n) is 4.06. The highest BCUT2D eigenvalue weighted by Gasteiger charge is 2.18. The Balaban J connectivity index is 2.10. The SMILES string of the molecule is CC(C)N(C(=S)Nc1cc2ncccc2c2cccnc12)C(C)C. The van der Waals surface area contributed by atoms with Crippen molar-refractivity contribution in [3.05, 3.63) is 42.7 Å². The summed E-state index contributed by atoms with van der Waals surface area (Å²) in [5, 5.41) is 6.28. The fourth-order valence-electron chi connectivity index (χ4n) is 3.14. The Morgan fingerprint density at radius 2 is 1.62 bits per heavy atom. The highest BCUT2D eigenvalue weighted by atomic mass is 32.1. The van der Waals surface area contributed by atoms with Crippen LogP contribution in [0.15, 0.2) is 42.7 Å². The van der Waals surface area contributed by atoms with Gasteiger partial charge in [-0.15, -0.1) is 0 Å². The molecule has 2 aromatic heterocycles. The van der Waals surface area contributed by atoms with Crippen LogP contribution in [0.4, 0.5) is 5.69 Å². The molecule has 1 N–H and O–H groups in total. The minimum atomic E-state index is 0.322. The Bertz CT molecular complexity index is 881. The molecule has 0 aliphatic heterocycles. The van der Waals surface area contributed by atoms with Crippen molar-refractivity contribution in [3.63, 3.8) is 0 Å². The van der Waals surface area contributed by atoms with Crippen molar-refractivity contribution < 1.29 is 0 Å².